The third-order valence-corrected chi connectivity index (χ3v) is 4.55. The van der Waals surface area contributed by atoms with Crippen molar-refractivity contribution >= 4 is 46.4 Å². The second kappa shape index (κ2) is 8.05. The molecule has 0 bridgehead atoms. The fourth-order valence-corrected chi connectivity index (χ4v) is 3.57. The summed E-state index contributed by atoms with van der Waals surface area (Å²) >= 11 is 18.3. The minimum atomic E-state index is -1.75. The number of hydrogen-bond acceptors (Lipinski definition) is 4. The summed E-state index contributed by atoms with van der Waals surface area (Å²) < 4.78 is 3.93. The molecule has 7 nitrogen and oxygen atoms in total. The molecule has 2 rings (SSSR count). The maximum absolute atomic E-state index is 12.5. The first-order valence-corrected chi connectivity index (χ1v) is 8.83. The summed E-state index contributed by atoms with van der Waals surface area (Å²) in [5.74, 6) is -0.542. The van der Waals surface area contributed by atoms with Crippen LogP contribution in [-0.4, -0.2) is 46.1 Å². The van der Waals surface area contributed by atoms with Crippen molar-refractivity contribution < 1.29 is 19.4 Å². The molecule has 138 valence electrons. The number of morpholine rings is 1. The number of alkyl halides is 3. The Hall–Kier alpha value is -1.12. The van der Waals surface area contributed by atoms with E-state index in [1.165, 1.54) is 24.3 Å². The number of ether oxygens (including phenoxy) is 1. The Morgan fingerprint density at radius 2 is 1.96 bits per heavy atom. The summed E-state index contributed by atoms with van der Waals surface area (Å²) in [6.07, 6.45) is -0.926. The molecule has 1 aliphatic heterocycles. The van der Waals surface area contributed by atoms with E-state index in [0.29, 0.717) is 13.1 Å². The Labute approximate surface area is 160 Å². The number of hydrogen-bond donors (Lipinski definition) is 2. The summed E-state index contributed by atoms with van der Waals surface area (Å²) in [5.41, 5.74) is -0.0544. The van der Waals surface area contributed by atoms with Crippen LogP contribution >= 0.6 is 34.8 Å². The number of carbonyl (C=O) groups excluding carboxylic acids is 1. The van der Waals surface area contributed by atoms with Gasteiger partial charge in [-0.25, -0.2) is 0 Å². The summed E-state index contributed by atoms with van der Waals surface area (Å²) in [6.45, 7) is 4.93. The molecule has 3 atom stereocenters. The second-order valence-electron chi connectivity index (χ2n) is 6.08. The van der Waals surface area contributed by atoms with Crippen molar-refractivity contribution in [1.29, 1.82) is 0 Å². The van der Waals surface area contributed by atoms with Crippen LogP contribution in [0, 0.1) is 10.1 Å². The number of amides is 1. The first-order chi connectivity index (χ1) is 11.6. The van der Waals surface area contributed by atoms with Crippen LogP contribution in [0.4, 0.5) is 5.69 Å². The molecule has 0 saturated carbocycles. The fourth-order valence-electron chi connectivity index (χ4n) is 2.94. The summed E-state index contributed by atoms with van der Waals surface area (Å²) in [5, 5.41) is 13.6. The van der Waals surface area contributed by atoms with Crippen molar-refractivity contribution in [2.45, 2.75) is 36.0 Å². The molecule has 1 aromatic rings. The molecule has 25 heavy (non-hydrogen) atoms. The first-order valence-electron chi connectivity index (χ1n) is 7.70. The van der Waals surface area contributed by atoms with E-state index in [2.05, 4.69) is 5.32 Å². The molecule has 0 spiro atoms. The van der Waals surface area contributed by atoms with Crippen molar-refractivity contribution in [3.05, 3.63) is 39.9 Å². The van der Waals surface area contributed by atoms with Crippen molar-refractivity contribution in [2.75, 3.05) is 13.1 Å². The molecule has 1 heterocycles. The third kappa shape index (κ3) is 5.43. The van der Waals surface area contributed by atoms with Gasteiger partial charge in [0.25, 0.3) is 15.4 Å². The lowest BCUT2D eigenvalue weighted by molar-refractivity contribution is -0.941. The maximum atomic E-state index is 12.5. The highest BCUT2D eigenvalue weighted by Gasteiger charge is 2.45. The molecule has 0 radical (unpaired) electrons. The highest BCUT2D eigenvalue weighted by atomic mass is 35.6. The highest BCUT2D eigenvalue weighted by Crippen LogP contribution is 2.28. The number of nitrogens with zero attached hydrogens (tertiary/aromatic N) is 1. The molecule has 0 aliphatic carbocycles. The van der Waals surface area contributed by atoms with Gasteiger partial charge in [0.1, 0.15) is 25.3 Å². The number of quaternary nitrogens is 1. The number of nitrogens with one attached hydrogen (secondary N) is 2. The van der Waals surface area contributed by atoms with E-state index in [-0.39, 0.29) is 23.5 Å². The van der Waals surface area contributed by atoms with Gasteiger partial charge in [0.05, 0.1) is 4.92 Å². The quantitative estimate of drug-likeness (QED) is 0.449. The van der Waals surface area contributed by atoms with E-state index < -0.39 is 20.8 Å². The van der Waals surface area contributed by atoms with E-state index >= 15 is 0 Å². The topological polar surface area (TPSA) is 85.9 Å². The summed E-state index contributed by atoms with van der Waals surface area (Å²) in [7, 11) is 0. The third-order valence-electron chi connectivity index (χ3n) is 3.89. The Bertz CT molecular complexity index is 643. The van der Waals surface area contributed by atoms with Gasteiger partial charge in [-0.3, -0.25) is 20.2 Å². The number of nitro benzene ring substituents is 1. The molecule has 0 aromatic heterocycles. The number of nitro groups is 1. The van der Waals surface area contributed by atoms with Gasteiger partial charge in [0.2, 0.25) is 6.17 Å². The number of carbonyl (C=O) groups is 1. The van der Waals surface area contributed by atoms with Crippen LogP contribution in [0.1, 0.15) is 24.2 Å². The van der Waals surface area contributed by atoms with Gasteiger partial charge >= 0.3 is 0 Å². The summed E-state index contributed by atoms with van der Waals surface area (Å²) in [4.78, 5) is 23.7. The SMILES string of the molecule is C[C@H]1C[NH+]([C@H](NC(=O)c2cccc([N+](=O)[O-])c2)C(Cl)(Cl)Cl)C[C@H](C)O1. The van der Waals surface area contributed by atoms with E-state index in [9.17, 15) is 14.9 Å². The molecule has 1 saturated heterocycles. The number of rotatable bonds is 4. The van der Waals surface area contributed by atoms with Crippen molar-refractivity contribution in [1.82, 2.24) is 5.32 Å². The van der Waals surface area contributed by atoms with Gasteiger partial charge in [-0.2, -0.15) is 0 Å². The highest BCUT2D eigenvalue weighted by molar-refractivity contribution is 6.68. The van der Waals surface area contributed by atoms with Gasteiger partial charge in [-0.05, 0) is 19.9 Å². The lowest BCUT2D eigenvalue weighted by atomic mass is 10.1. The van der Waals surface area contributed by atoms with Crippen molar-refractivity contribution in [3.63, 3.8) is 0 Å². The lowest BCUT2D eigenvalue weighted by Gasteiger charge is -2.39. The van der Waals surface area contributed by atoms with Crippen LogP contribution in [0.3, 0.4) is 0 Å². The van der Waals surface area contributed by atoms with E-state index in [4.69, 9.17) is 39.5 Å². The molecular formula is C15H19Cl3N3O4+. The van der Waals surface area contributed by atoms with Gasteiger partial charge in [0.15, 0.2) is 0 Å². The molecule has 1 fully saturated rings. The molecule has 1 aliphatic rings. The lowest BCUT2D eigenvalue weighted by Crippen LogP contribution is -3.22. The summed E-state index contributed by atoms with van der Waals surface area (Å²) in [6, 6.07) is 5.39. The van der Waals surface area contributed by atoms with E-state index in [1.54, 1.807) is 0 Å². The number of benzene rings is 1. The van der Waals surface area contributed by atoms with Crippen molar-refractivity contribution in [2.24, 2.45) is 0 Å². The zero-order valence-corrected chi connectivity index (χ0v) is 15.9. The van der Waals surface area contributed by atoms with Crippen molar-refractivity contribution in [3.8, 4) is 0 Å². The molecular weight excluding hydrogens is 393 g/mol. The van der Waals surface area contributed by atoms with E-state index in [1.807, 2.05) is 13.8 Å². The van der Waals surface area contributed by atoms with Gasteiger partial charge in [-0.15, -0.1) is 0 Å². The minimum Gasteiger partial charge on any atom is -0.364 e. The largest absolute Gasteiger partial charge is 0.364 e. The average Bonchev–Trinajstić information content (AvgIpc) is 2.50. The maximum Gasteiger partial charge on any atom is 0.270 e. The predicted octanol–water partition coefficient (Wildman–Crippen LogP) is 1.71. The Kier molecular flexibility index (Phi) is 6.51. The standard InChI is InChI=1S/C15H18Cl3N3O4/c1-9-7-20(8-10(2)25-9)14(15(16,17)18)19-13(22)11-4-3-5-12(6-11)21(23)24/h3-6,9-10,14H,7-8H2,1-2H3,(H,19,22)/p+1/t9-,10-,14-/m0/s1. The van der Waals surface area contributed by atoms with Crippen LogP contribution < -0.4 is 10.2 Å². The molecule has 1 amide bonds. The van der Waals surface area contributed by atoms with Crippen LogP contribution in [0.2, 0.25) is 0 Å². The van der Waals surface area contributed by atoms with Crippen LogP contribution in [0.15, 0.2) is 24.3 Å². The van der Waals surface area contributed by atoms with Gasteiger partial charge < -0.3 is 9.64 Å². The van der Waals surface area contributed by atoms with Gasteiger partial charge in [0, 0.05) is 17.7 Å². The second-order valence-corrected chi connectivity index (χ2v) is 8.45. The zero-order chi connectivity index (χ0) is 18.8. The minimum absolute atomic E-state index is 0.0525. The Balaban J connectivity index is 2.21. The van der Waals surface area contributed by atoms with Crippen LogP contribution in [-0.2, 0) is 4.74 Å². The fraction of sp³-hybridized carbons (Fsp3) is 0.533. The first kappa shape index (κ1) is 20.2. The molecule has 10 heteroatoms. The smallest absolute Gasteiger partial charge is 0.270 e. The van der Waals surface area contributed by atoms with E-state index in [0.717, 1.165) is 4.90 Å². The zero-order valence-electron chi connectivity index (χ0n) is 13.7. The molecule has 0 unspecified atom stereocenters. The molecule has 1 aromatic carbocycles. The monoisotopic (exact) mass is 410 g/mol. The normalized spacial score (nSPS) is 25.2. The number of halogens is 3. The number of non-ortho nitro benzene ring substituents is 1. The van der Waals surface area contributed by atoms with Crippen LogP contribution in [0.5, 0.6) is 0 Å². The Morgan fingerprint density at radius 1 is 1.36 bits per heavy atom. The van der Waals surface area contributed by atoms with Gasteiger partial charge in [-0.1, -0.05) is 40.9 Å². The Morgan fingerprint density at radius 3 is 2.48 bits per heavy atom. The van der Waals surface area contributed by atoms with Crippen LogP contribution in [0.25, 0.3) is 0 Å². The predicted molar refractivity (Wildman–Crippen MR) is 95.3 cm³/mol. The average molecular weight is 412 g/mol. The molecule has 2 N–H and O–H groups in total.